The molecule has 3 rings (SSSR count). The minimum absolute atomic E-state index is 0. The van der Waals surface area contributed by atoms with E-state index in [1.54, 1.807) is 7.11 Å². The Hall–Kier alpha value is -2.44. The molecule has 0 spiro atoms. The van der Waals surface area contributed by atoms with Crippen LogP contribution in [0.2, 0.25) is 0 Å². The predicted octanol–water partition coefficient (Wildman–Crippen LogP) is 2.82. The van der Waals surface area contributed by atoms with Gasteiger partial charge in [-0.1, -0.05) is 20.3 Å². The fourth-order valence-corrected chi connectivity index (χ4v) is 4.63. The third-order valence-electron chi connectivity index (χ3n) is 5.44. The number of ketones is 1. The van der Waals surface area contributed by atoms with E-state index in [4.69, 9.17) is 9.72 Å². The lowest BCUT2D eigenvalue weighted by Crippen LogP contribution is -2.43. The third-order valence-corrected chi connectivity index (χ3v) is 6.12. The second-order valence-electron chi connectivity index (χ2n) is 8.54. The Bertz CT molecular complexity index is 1240. The maximum atomic E-state index is 12.5. The molecule has 0 radical (unpaired) electrons. The van der Waals surface area contributed by atoms with Gasteiger partial charge in [-0.25, -0.2) is 18.1 Å². The number of aryl methyl sites for hydroxylation is 1. The summed E-state index contributed by atoms with van der Waals surface area (Å²) >= 11 is 0. The Morgan fingerprint density at radius 2 is 1.91 bits per heavy atom. The van der Waals surface area contributed by atoms with Crippen molar-refractivity contribution in [1.82, 2.24) is 24.3 Å². The number of carbonyl (C=O) groups excluding carboxylic acids is 1. The number of hydrogen-bond acceptors (Lipinski definition) is 8. The Balaban J connectivity index is 0.00000408. The maximum absolute atomic E-state index is 12.5. The average molecular weight is 511 g/mol. The quantitative estimate of drug-likeness (QED) is 0.356. The maximum Gasteiger partial charge on any atom is 0.209 e. The van der Waals surface area contributed by atoms with Gasteiger partial charge in [0.15, 0.2) is 11.6 Å². The van der Waals surface area contributed by atoms with Crippen LogP contribution in [0.1, 0.15) is 45.4 Å². The number of nitrogens with one attached hydrogen (secondary N) is 2. The summed E-state index contributed by atoms with van der Waals surface area (Å²) in [5, 5.41) is 11.8. The van der Waals surface area contributed by atoms with Crippen molar-refractivity contribution in [2.75, 3.05) is 25.2 Å². The molecule has 0 amide bonds. The highest BCUT2D eigenvalue weighted by molar-refractivity contribution is 7.88. The van der Waals surface area contributed by atoms with E-state index in [-0.39, 0.29) is 25.2 Å². The first kappa shape index (κ1) is 27.8. The van der Waals surface area contributed by atoms with Crippen LogP contribution in [0, 0.1) is 12.8 Å². The number of fused-ring (bicyclic) bond motifs is 3. The lowest BCUT2D eigenvalue weighted by molar-refractivity contribution is -0.121. The van der Waals surface area contributed by atoms with Gasteiger partial charge in [0.1, 0.15) is 11.6 Å². The van der Waals surface area contributed by atoms with Gasteiger partial charge < -0.3 is 10.1 Å². The Labute approximate surface area is 207 Å². The normalized spacial score (nSPS) is 12.6. The third kappa shape index (κ3) is 6.80. The number of benzene rings is 1. The SMILES string of the molecule is COc1ccc2c(c1)nc(NCCCCCC(=O)[C@@H](NS(C)(=O)=O)C(C)C)c1nnc(C)n12.S. The van der Waals surface area contributed by atoms with Gasteiger partial charge in [0, 0.05) is 19.0 Å². The molecule has 2 N–H and O–H groups in total. The number of unbranched alkanes of at least 4 members (excludes halogenated alkanes) is 2. The van der Waals surface area contributed by atoms with E-state index in [1.165, 1.54) is 0 Å². The molecule has 0 bridgehead atoms. The molecule has 0 fully saturated rings. The number of sulfonamides is 1. The average Bonchev–Trinajstić information content (AvgIpc) is 3.15. The zero-order valence-corrected chi connectivity index (χ0v) is 22.1. The van der Waals surface area contributed by atoms with Gasteiger partial charge in [0.05, 0.1) is 30.4 Å². The summed E-state index contributed by atoms with van der Waals surface area (Å²) < 4.78 is 32.8. The molecule has 0 saturated carbocycles. The van der Waals surface area contributed by atoms with E-state index in [2.05, 4.69) is 20.2 Å². The van der Waals surface area contributed by atoms with Crippen molar-refractivity contribution in [3.63, 3.8) is 0 Å². The number of hydrogen-bond donors (Lipinski definition) is 2. The summed E-state index contributed by atoms with van der Waals surface area (Å²) in [5.41, 5.74) is 2.34. The highest BCUT2D eigenvalue weighted by atomic mass is 32.2. The smallest absolute Gasteiger partial charge is 0.209 e. The standard InChI is InChI=1S/C22H32N6O4S.H2S/c1-14(2)20(27-33(5,30)31)19(29)9-7-6-8-12-23-21-22-26-25-15(3)28(22)18-11-10-16(32-4)13-17(18)24-21;/h10-11,13-14,20,27H,6-9,12H2,1-5H3,(H,23,24);1H2/t20-;/m0./s1. The molecule has 2 aromatic heterocycles. The number of aromatic nitrogens is 4. The van der Waals surface area contributed by atoms with Crippen molar-refractivity contribution in [2.45, 2.75) is 52.5 Å². The molecule has 2 heterocycles. The van der Waals surface area contributed by atoms with Crippen LogP contribution in [0.5, 0.6) is 5.75 Å². The molecule has 1 atom stereocenters. The van der Waals surface area contributed by atoms with E-state index < -0.39 is 16.1 Å². The van der Waals surface area contributed by atoms with Gasteiger partial charge in [-0.3, -0.25) is 9.20 Å². The van der Waals surface area contributed by atoms with Crippen LogP contribution < -0.4 is 14.8 Å². The van der Waals surface area contributed by atoms with Crippen molar-refractivity contribution < 1.29 is 17.9 Å². The first-order valence-corrected chi connectivity index (χ1v) is 12.9. The minimum Gasteiger partial charge on any atom is -0.497 e. The molecular formula is C22H34N6O4S2. The summed E-state index contributed by atoms with van der Waals surface area (Å²) in [5.74, 6) is 1.96. The van der Waals surface area contributed by atoms with Crippen molar-refractivity contribution in [2.24, 2.45) is 5.92 Å². The molecule has 0 aliphatic carbocycles. The number of nitrogens with zero attached hydrogens (tertiary/aromatic N) is 4. The Kier molecular flexibility index (Phi) is 9.65. The van der Waals surface area contributed by atoms with Gasteiger partial charge in [-0.05, 0) is 37.8 Å². The topological polar surface area (TPSA) is 128 Å². The number of methoxy groups -OCH3 is 1. The van der Waals surface area contributed by atoms with Crippen LogP contribution in [-0.2, 0) is 14.8 Å². The van der Waals surface area contributed by atoms with Gasteiger partial charge in [0.25, 0.3) is 0 Å². The Morgan fingerprint density at radius 1 is 1.18 bits per heavy atom. The molecule has 1 aromatic carbocycles. The summed E-state index contributed by atoms with van der Waals surface area (Å²) in [4.78, 5) is 17.2. The number of ether oxygens (including phenoxy) is 1. The predicted molar refractivity (Wildman–Crippen MR) is 139 cm³/mol. The summed E-state index contributed by atoms with van der Waals surface area (Å²) in [6.07, 6.45) is 3.76. The minimum atomic E-state index is -3.43. The van der Waals surface area contributed by atoms with Crippen LogP contribution in [0.4, 0.5) is 5.82 Å². The molecule has 0 unspecified atom stereocenters. The molecule has 3 aromatic rings. The van der Waals surface area contributed by atoms with E-state index in [0.29, 0.717) is 30.9 Å². The summed E-state index contributed by atoms with van der Waals surface area (Å²) in [7, 11) is -1.81. The largest absolute Gasteiger partial charge is 0.497 e. The number of rotatable bonds is 12. The van der Waals surface area contributed by atoms with Gasteiger partial charge in [-0.2, -0.15) is 13.5 Å². The Morgan fingerprint density at radius 3 is 2.56 bits per heavy atom. The molecule has 12 heteroatoms. The van der Waals surface area contributed by atoms with Crippen LogP contribution in [0.15, 0.2) is 18.2 Å². The first-order chi connectivity index (χ1) is 15.6. The molecule has 34 heavy (non-hydrogen) atoms. The van der Waals surface area contributed by atoms with E-state index in [9.17, 15) is 13.2 Å². The van der Waals surface area contributed by atoms with E-state index >= 15 is 0 Å². The van der Waals surface area contributed by atoms with Crippen LogP contribution in [-0.4, -0.2) is 59.7 Å². The van der Waals surface area contributed by atoms with Gasteiger partial charge in [0.2, 0.25) is 15.7 Å². The number of Topliss-reactive ketones (excluding diaryl/α,β-unsaturated/α-hetero) is 1. The van der Waals surface area contributed by atoms with E-state index in [1.807, 2.05) is 43.4 Å². The first-order valence-electron chi connectivity index (χ1n) is 11.0. The molecule has 0 aliphatic rings. The van der Waals surface area contributed by atoms with Crippen molar-refractivity contribution in [3.8, 4) is 5.75 Å². The highest BCUT2D eigenvalue weighted by Gasteiger charge is 2.24. The lowest BCUT2D eigenvalue weighted by Gasteiger charge is -2.19. The van der Waals surface area contributed by atoms with Gasteiger partial charge >= 0.3 is 0 Å². The summed E-state index contributed by atoms with van der Waals surface area (Å²) in [6.45, 7) is 6.23. The number of carbonyl (C=O) groups is 1. The second kappa shape index (κ2) is 11.8. The molecule has 10 nitrogen and oxygen atoms in total. The monoisotopic (exact) mass is 510 g/mol. The van der Waals surface area contributed by atoms with E-state index in [0.717, 1.165) is 41.7 Å². The fourth-order valence-electron chi connectivity index (χ4n) is 3.77. The molecule has 0 saturated heterocycles. The molecular weight excluding hydrogens is 476 g/mol. The van der Waals surface area contributed by atoms with Crippen LogP contribution in [0.3, 0.4) is 0 Å². The number of anilines is 1. The second-order valence-corrected chi connectivity index (χ2v) is 10.3. The molecule has 188 valence electrons. The highest BCUT2D eigenvalue weighted by Crippen LogP contribution is 2.25. The van der Waals surface area contributed by atoms with Crippen molar-refractivity contribution in [3.05, 3.63) is 24.0 Å². The fraction of sp³-hybridized carbons (Fsp3) is 0.545. The lowest BCUT2D eigenvalue weighted by atomic mass is 9.97. The summed E-state index contributed by atoms with van der Waals surface area (Å²) in [6, 6.07) is 5.02. The zero-order chi connectivity index (χ0) is 24.2. The molecule has 0 aliphatic heterocycles. The van der Waals surface area contributed by atoms with Crippen molar-refractivity contribution >= 4 is 51.8 Å². The van der Waals surface area contributed by atoms with Gasteiger partial charge in [-0.15, -0.1) is 10.2 Å². The zero-order valence-electron chi connectivity index (χ0n) is 20.3. The van der Waals surface area contributed by atoms with Crippen molar-refractivity contribution in [1.29, 1.82) is 0 Å². The van der Waals surface area contributed by atoms with Crippen LogP contribution >= 0.6 is 13.5 Å². The van der Waals surface area contributed by atoms with Crippen LogP contribution in [0.25, 0.3) is 16.7 Å².